The van der Waals surface area contributed by atoms with Crippen LogP contribution in [0.15, 0.2) is 23.0 Å². The minimum absolute atomic E-state index is 0.196. The number of hydrogen-bond donors (Lipinski definition) is 1. The zero-order valence-corrected chi connectivity index (χ0v) is 17.8. The molecule has 30 heavy (non-hydrogen) atoms. The van der Waals surface area contributed by atoms with E-state index in [1.165, 1.54) is 28.2 Å². The van der Waals surface area contributed by atoms with E-state index in [1.54, 1.807) is 12.1 Å². The maximum atomic E-state index is 14.8. The smallest absolute Gasteiger partial charge is 0.414 e. The van der Waals surface area contributed by atoms with Crippen LogP contribution in [-0.4, -0.2) is 62.4 Å². The van der Waals surface area contributed by atoms with Gasteiger partial charge in [-0.3, -0.25) is 14.5 Å². The molecule has 1 aromatic heterocycles. The number of nitrogens with zero attached hydrogens (tertiary/aromatic N) is 4. The molecule has 160 valence electrons. The topological polar surface area (TPSA) is 95.1 Å². The Balaban J connectivity index is 1.39. The van der Waals surface area contributed by atoms with Crippen LogP contribution in [0.1, 0.15) is 6.92 Å². The number of aromatic nitrogens is 1. The Bertz CT molecular complexity index is 1000. The van der Waals surface area contributed by atoms with Crippen LogP contribution in [0.5, 0.6) is 0 Å². The Morgan fingerprint density at radius 1 is 1.23 bits per heavy atom. The van der Waals surface area contributed by atoms with Crippen LogP contribution in [0.2, 0.25) is 0 Å². The van der Waals surface area contributed by atoms with Gasteiger partial charge in [-0.15, -0.1) is 0 Å². The fourth-order valence-corrected chi connectivity index (χ4v) is 5.18. The molecular formula is C18H20FN5O4S2. The van der Waals surface area contributed by atoms with Crippen molar-refractivity contribution >= 4 is 49.2 Å². The number of rotatable bonds is 5. The predicted molar refractivity (Wildman–Crippen MR) is 113 cm³/mol. The standard InChI is InChI=1S/C18H20FN5O4S2/c1-11(25)20-9-13-10-24(18(27)28-13)12-2-3-15(14(19)8-12)22-4-6-23(7-5-22)16-21-17(26)30-29-16/h2-3,8,13H,4-7,9-10H2,1H3,(H,20,25). The zero-order chi connectivity index (χ0) is 21.3. The Kier molecular flexibility index (Phi) is 5.86. The summed E-state index contributed by atoms with van der Waals surface area (Å²) in [7, 11) is 2.47. The number of carbonyl (C=O) groups is 2. The Hall–Kier alpha value is -2.73. The molecule has 12 heteroatoms. The Morgan fingerprint density at radius 3 is 2.60 bits per heavy atom. The zero-order valence-electron chi connectivity index (χ0n) is 16.2. The first-order valence-corrected chi connectivity index (χ1v) is 11.5. The first-order valence-electron chi connectivity index (χ1n) is 9.40. The molecule has 9 nitrogen and oxygen atoms in total. The molecule has 0 saturated carbocycles. The molecule has 2 aliphatic rings. The predicted octanol–water partition coefficient (Wildman–Crippen LogP) is 1.49. The van der Waals surface area contributed by atoms with E-state index >= 15 is 0 Å². The summed E-state index contributed by atoms with van der Waals surface area (Å²) in [5, 5.41) is 3.32. The largest absolute Gasteiger partial charge is 0.442 e. The molecule has 2 saturated heterocycles. The summed E-state index contributed by atoms with van der Waals surface area (Å²) >= 11 is 0. The van der Waals surface area contributed by atoms with Gasteiger partial charge in [0.25, 0.3) is 0 Å². The molecule has 1 unspecified atom stereocenters. The van der Waals surface area contributed by atoms with E-state index < -0.39 is 18.0 Å². The van der Waals surface area contributed by atoms with E-state index in [4.69, 9.17) is 4.74 Å². The molecule has 3 heterocycles. The van der Waals surface area contributed by atoms with Crippen LogP contribution >= 0.6 is 20.7 Å². The number of anilines is 3. The first kappa shape index (κ1) is 20.5. The summed E-state index contributed by atoms with van der Waals surface area (Å²) < 4.78 is 20.1. The first-order chi connectivity index (χ1) is 14.4. The van der Waals surface area contributed by atoms with Gasteiger partial charge in [-0.2, -0.15) is 4.98 Å². The highest BCUT2D eigenvalue weighted by molar-refractivity contribution is 7.69. The van der Waals surface area contributed by atoms with Gasteiger partial charge < -0.3 is 19.9 Å². The lowest BCUT2D eigenvalue weighted by molar-refractivity contribution is -0.119. The molecule has 0 bridgehead atoms. The SMILES string of the molecule is CC(=O)NCC1CN(c2ccc(N3CCN(c4nc(=O)ss4)CC3)c(F)c2)C(=O)O1. The molecule has 2 aromatic rings. The molecule has 1 aromatic carbocycles. The lowest BCUT2D eigenvalue weighted by Gasteiger charge is -2.36. The Morgan fingerprint density at radius 2 is 1.97 bits per heavy atom. The molecule has 2 aliphatic heterocycles. The number of halogens is 1. The molecule has 0 spiro atoms. The van der Waals surface area contributed by atoms with Crippen LogP contribution in [0.25, 0.3) is 0 Å². The summed E-state index contributed by atoms with van der Waals surface area (Å²) in [5.74, 6) is -0.624. The summed E-state index contributed by atoms with van der Waals surface area (Å²) in [6.07, 6.45) is -1.04. The highest BCUT2D eigenvalue weighted by Gasteiger charge is 2.33. The minimum atomic E-state index is -0.562. The van der Waals surface area contributed by atoms with Gasteiger partial charge in [0, 0.05) is 33.1 Å². The molecule has 1 atom stereocenters. The number of nitrogens with one attached hydrogen (secondary N) is 1. The van der Waals surface area contributed by atoms with Crippen molar-refractivity contribution in [2.45, 2.75) is 13.0 Å². The van der Waals surface area contributed by atoms with E-state index in [1.807, 2.05) is 9.80 Å². The van der Waals surface area contributed by atoms with E-state index in [9.17, 15) is 18.8 Å². The second-order valence-electron chi connectivity index (χ2n) is 6.99. The van der Waals surface area contributed by atoms with E-state index in [0.29, 0.717) is 42.7 Å². The van der Waals surface area contributed by atoms with Gasteiger partial charge in [-0.05, 0) is 38.9 Å². The van der Waals surface area contributed by atoms with Gasteiger partial charge >= 0.3 is 11.0 Å². The van der Waals surface area contributed by atoms with Gasteiger partial charge in [0.15, 0.2) is 5.13 Å². The summed E-state index contributed by atoms with van der Waals surface area (Å²) in [6, 6.07) is 4.69. The summed E-state index contributed by atoms with van der Waals surface area (Å²) in [5.41, 5.74) is 0.879. The van der Waals surface area contributed by atoms with Crippen molar-refractivity contribution in [1.82, 2.24) is 10.3 Å². The highest BCUT2D eigenvalue weighted by atomic mass is 32.9. The summed E-state index contributed by atoms with van der Waals surface area (Å²) in [4.78, 5) is 43.6. The quantitative estimate of drug-likeness (QED) is 0.686. The number of cyclic esters (lactones) is 1. The maximum absolute atomic E-state index is 14.8. The average Bonchev–Trinajstić information content (AvgIpc) is 3.32. The molecule has 2 fully saturated rings. The van der Waals surface area contributed by atoms with Crippen molar-refractivity contribution < 1.29 is 18.7 Å². The van der Waals surface area contributed by atoms with Crippen LogP contribution in [-0.2, 0) is 9.53 Å². The van der Waals surface area contributed by atoms with Crippen molar-refractivity contribution in [2.24, 2.45) is 0 Å². The van der Waals surface area contributed by atoms with Gasteiger partial charge in [0.05, 0.1) is 24.5 Å². The van der Waals surface area contributed by atoms with Gasteiger partial charge in [0.1, 0.15) is 11.9 Å². The molecule has 0 aliphatic carbocycles. The van der Waals surface area contributed by atoms with Crippen LogP contribution in [0, 0.1) is 5.82 Å². The monoisotopic (exact) mass is 453 g/mol. The Labute approximate surface area is 179 Å². The number of carbonyl (C=O) groups excluding carboxylic acids is 2. The molecular weight excluding hydrogens is 433 g/mol. The molecule has 2 amide bonds. The lowest BCUT2D eigenvalue weighted by atomic mass is 10.2. The van der Waals surface area contributed by atoms with E-state index in [2.05, 4.69) is 10.3 Å². The van der Waals surface area contributed by atoms with Crippen LogP contribution in [0.3, 0.4) is 0 Å². The van der Waals surface area contributed by atoms with Crippen molar-refractivity contribution in [1.29, 1.82) is 0 Å². The summed E-state index contributed by atoms with van der Waals surface area (Å²) in [6.45, 7) is 4.33. The number of piperazine rings is 1. The number of benzene rings is 1. The fraction of sp³-hybridized carbons (Fsp3) is 0.444. The van der Waals surface area contributed by atoms with E-state index in [-0.39, 0.29) is 23.9 Å². The van der Waals surface area contributed by atoms with E-state index in [0.717, 1.165) is 10.3 Å². The minimum Gasteiger partial charge on any atom is -0.442 e. The molecule has 4 rings (SSSR count). The van der Waals surface area contributed by atoms with Gasteiger partial charge in [0.2, 0.25) is 5.91 Å². The normalized spacial score (nSPS) is 19.2. The lowest BCUT2D eigenvalue weighted by Crippen LogP contribution is -2.47. The maximum Gasteiger partial charge on any atom is 0.414 e. The third kappa shape index (κ3) is 4.38. The number of hydrogen-bond acceptors (Lipinski definition) is 9. The number of ether oxygens (including phenoxy) is 1. The molecule has 0 radical (unpaired) electrons. The highest BCUT2D eigenvalue weighted by Crippen LogP contribution is 2.29. The van der Waals surface area contributed by atoms with Crippen molar-refractivity contribution in [3.8, 4) is 0 Å². The average molecular weight is 454 g/mol. The fourth-order valence-electron chi connectivity index (χ4n) is 3.47. The van der Waals surface area contributed by atoms with Crippen molar-refractivity contribution in [2.75, 3.05) is 54.0 Å². The van der Waals surface area contributed by atoms with Crippen molar-refractivity contribution in [3.05, 3.63) is 33.7 Å². The van der Waals surface area contributed by atoms with Crippen molar-refractivity contribution in [3.63, 3.8) is 0 Å². The van der Waals surface area contributed by atoms with Crippen LogP contribution < -0.4 is 24.9 Å². The third-order valence-corrected chi connectivity index (χ3v) is 6.90. The number of amides is 2. The third-order valence-electron chi connectivity index (χ3n) is 4.96. The van der Waals surface area contributed by atoms with Gasteiger partial charge in [-0.1, -0.05) is 0 Å². The second-order valence-corrected chi connectivity index (χ2v) is 9.04. The van der Waals surface area contributed by atoms with Gasteiger partial charge in [-0.25, -0.2) is 9.18 Å². The molecule has 1 N–H and O–H groups in total. The second kappa shape index (κ2) is 8.56. The van der Waals surface area contributed by atoms with Crippen LogP contribution in [0.4, 0.5) is 25.7 Å².